The minimum Gasteiger partial charge on any atom is -0.381 e. The number of nitrogens with zero attached hydrogens (tertiary/aromatic N) is 1. The molecule has 0 radical (unpaired) electrons. The highest BCUT2D eigenvalue weighted by Crippen LogP contribution is 2.37. The Bertz CT molecular complexity index is 1280. The van der Waals surface area contributed by atoms with Gasteiger partial charge in [0.15, 0.2) is 0 Å². The van der Waals surface area contributed by atoms with Gasteiger partial charge in [0.05, 0.1) is 5.69 Å². The second-order valence-electron chi connectivity index (χ2n) is 8.46. The van der Waals surface area contributed by atoms with Gasteiger partial charge >= 0.3 is 0 Å². The van der Waals surface area contributed by atoms with E-state index in [0.29, 0.717) is 34.9 Å². The number of nitrogens with one attached hydrogen (secondary N) is 4. The minimum absolute atomic E-state index is 0.0184. The van der Waals surface area contributed by atoms with Crippen LogP contribution in [-0.4, -0.2) is 55.8 Å². The SMILES string of the molecule is C[C@@H]1CNc2c(sc3ccc(C(=O)Nc4cccc(NC(=O)C=CCN(C)C)c4)cc23)C(=O)N1. The highest BCUT2D eigenvalue weighted by molar-refractivity contribution is 7.21. The van der Waals surface area contributed by atoms with E-state index in [4.69, 9.17) is 0 Å². The van der Waals surface area contributed by atoms with E-state index in [-0.39, 0.29) is 23.8 Å². The molecule has 8 nitrogen and oxygen atoms in total. The van der Waals surface area contributed by atoms with Crippen LogP contribution in [0.15, 0.2) is 54.6 Å². The molecule has 34 heavy (non-hydrogen) atoms. The summed E-state index contributed by atoms with van der Waals surface area (Å²) in [4.78, 5) is 40.1. The fourth-order valence-corrected chi connectivity index (χ4v) is 4.67. The van der Waals surface area contributed by atoms with Gasteiger partial charge in [-0.05, 0) is 57.4 Å². The Balaban J connectivity index is 1.49. The van der Waals surface area contributed by atoms with Gasteiger partial charge in [-0.25, -0.2) is 0 Å². The average Bonchev–Trinajstić information content (AvgIpc) is 3.08. The predicted molar refractivity (Wildman–Crippen MR) is 138 cm³/mol. The summed E-state index contributed by atoms with van der Waals surface area (Å²) in [5.74, 6) is -0.613. The van der Waals surface area contributed by atoms with Gasteiger partial charge in [0.1, 0.15) is 4.88 Å². The second kappa shape index (κ2) is 10.1. The summed E-state index contributed by atoms with van der Waals surface area (Å²) in [6.45, 7) is 3.23. The summed E-state index contributed by atoms with van der Waals surface area (Å²) in [5.41, 5.74) is 2.40. The van der Waals surface area contributed by atoms with Crippen LogP contribution in [0.5, 0.6) is 0 Å². The number of carbonyl (C=O) groups excluding carboxylic acids is 3. The molecular weight excluding hydrogens is 450 g/mol. The normalized spacial score (nSPS) is 15.5. The van der Waals surface area contributed by atoms with E-state index in [2.05, 4.69) is 21.3 Å². The lowest BCUT2D eigenvalue weighted by atomic mass is 10.1. The van der Waals surface area contributed by atoms with E-state index in [9.17, 15) is 14.4 Å². The zero-order valence-corrected chi connectivity index (χ0v) is 20.1. The van der Waals surface area contributed by atoms with E-state index < -0.39 is 0 Å². The first-order valence-electron chi connectivity index (χ1n) is 10.9. The molecule has 3 amide bonds. The van der Waals surface area contributed by atoms with Crippen molar-refractivity contribution in [1.82, 2.24) is 10.2 Å². The number of fused-ring (bicyclic) bond motifs is 3. The third kappa shape index (κ3) is 5.44. The molecule has 0 fully saturated rings. The van der Waals surface area contributed by atoms with Crippen molar-refractivity contribution in [1.29, 1.82) is 0 Å². The lowest BCUT2D eigenvalue weighted by Crippen LogP contribution is -2.34. The summed E-state index contributed by atoms with van der Waals surface area (Å²) in [7, 11) is 3.85. The lowest BCUT2D eigenvalue weighted by molar-refractivity contribution is -0.111. The van der Waals surface area contributed by atoms with Crippen molar-refractivity contribution in [3.05, 3.63) is 65.1 Å². The summed E-state index contributed by atoms with van der Waals surface area (Å²) in [5, 5.41) is 12.8. The number of amides is 3. The van der Waals surface area contributed by atoms with E-state index in [1.165, 1.54) is 17.4 Å². The molecule has 1 aromatic heterocycles. The molecule has 4 rings (SSSR count). The first-order chi connectivity index (χ1) is 16.3. The summed E-state index contributed by atoms with van der Waals surface area (Å²) < 4.78 is 0.936. The molecule has 3 aromatic rings. The van der Waals surface area contributed by atoms with Crippen molar-refractivity contribution in [3.8, 4) is 0 Å². The summed E-state index contributed by atoms with van der Waals surface area (Å²) in [6.07, 6.45) is 3.26. The number of rotatable bonds is 6. The average molecular weight is 478 g/mol. The maximum absolute atomic E-state index is 13.0. The molecule has 1 aliphatic rings. The van der Waals surface area contributed by atoms with E-state index in [0.717, 1.165) is 15.8 Å². The fraction of sp³-hybridized carbons (Fsp3) is 0.240. The smallest absolute Gasteiger partial charge is 0.263 e. The van der Waals surface area contributed by atoms with Crippen molar-refractivity contribution in [3.63, 3.8) is 0 Å². The standard InChI is InChI=1S/C25H27N5O3S/c1-15-14-26-22-19-12-16(9-10-20(19)34-23(22)25(33)27-15)24(32)29-18-7-4-6-17(13-18)28-21(31)8-5-11-30(2)3/h4-10,12-13,15,26H,11,14H2,1-3H3,(H,27,33)(H,28,31)(H,29,32)/t15-/m1/s1. The van der Waals surface area contributed by atoms with Crippen LogP contribution < -0.4 is 21.3 Å². The van der Waals surface area contributed by atoms with Gasteiger partial charge in [0, 0.05) is 52.2 Å². The highest BCUT2D eigenvalue weighted by atomic mass is 32.1. The summed E-state index contributed by atoms with van der Waals surface area (Å²) >= 11 is 1.41. The van der Waals surface area contributed by atoms with Crippen LogP contribution in [0.3, 0.4) is 0 Å². The van der Waals surface area contributed by atoms with Gasteiger partial charge < -0.3 is 26.2 Å². The van der Waals surface area contributed by atoms with Gasteiger partial charge in [0.2, 0.25) is 5.91 Å². The van der Waals surface area contributed by atoms with Crippen LogP contribution in [0, 0.1) is 0 Å². The van der Waals surface area contributed by atoms with E-state index in [1.54, 1.807) is 42.5 Å². The molecule has 0 aliphatic carbocycles. The minimum atomic E-state index is -0.275. The van der Waals surface area contributed by atoms with Gasteiger partial charge in [-0.3, -0.25) is 14.4 Å². The Morgan fingerprint density at radius 2 is 1.91 bits per heavy atom. The molecule has 0 spiro atoms. The lowest BCUT2D eigenvalue weighted by Gasteiger charge is -2.10. The molecule has 1 aliphatic heterocycles. The molecule has 0 bridgehead atoms. The van der Waals surface area contributed by atoms with Crippen molar-refractivity contribution in [2.45, 2.75) is 13.0 Å². The Hall–Kier alpha value is -3.69. The molecule has 0 saturated carbocycles. The maximum Gasteiger partial charge on any atom is 0.263 e. The number of hydrogen-bond acceptors (Lipinski definition) is 6. The van der Waals surface area contributed by atoms with Crippen molar-refractivity contribution >= 4 is 56.2 Å². The number of benzene rings is 2. The Labute approximate surface area is 202 Å². The molecule has 176 valence electrons. The number of thiophene rings is 1. The van der Waals surface area contributed by atoms with Crippen LogP contribution in [0.2, 0.25) is 0 Å². The zero-order chi connectivity index (χ0) is 24.2. The predicted octanol–water partition coefficient (Wildman–Crippen LogP) is 3.75. The number of anilines is 3. The van der Waals surface area contributed by atoms with Crippen LogP contribution >= 0.6 is 11.3 Å². The Kier molecular flexibility index (Phi) is 6.95. The highest BCUT2D eigenvalue weighted by Gasteiger charge is 2.24. The van der Waals surface area contributed by atoms with Gasteiger partial charge in [-0.2, -0.15) is 0 Å². The van der Waals surface area contributed by atoms with Gasteiger partial charge in [0.25, 0.3) is 11.8 Å². The molecule has 4 N–H and O–H groups in total. The van der Waals surface area contributed by atoms with Crippen molar-refractivity contribution in [2.24, 2.45) is 0 Å². The van der Waals surface area contributed by atoms with Gasteiger partial charge in [-0.1, -0.05) is 12.1 Å². The monoisotopic (exact) mass is 477 g/mol. The molecule has 0 unspecified atom stereocenters. The third-order valence-electron chi connectivity index (χ3n) is 5.25. The van der Waals surface area contributed by atoms with Crippen molar-refractivity contribution in [2.75, 3.05) is 43.1 Å². The molecule has 1 atom stereocenters. The molecule has 9 heteroatoms. The number of carbonyl (C=O) groups is 3. The Morgan fingerprint density at radius 3 is 2.68 bits per heavy atom. The van der Waals surface area contributed by atoms with Crippen LogP contribution in [-0.2, 0) is 4.79 Å². The molecule has 0 saturated heterocycles. The molecular formula is C25H27N5O3S. The van der Waals surface area contributed by atoms with E-state index in [1.807, 2.05) is 32.0 Å². The largest absolute Gasteiger partial charge is 0.381 e. The topological polar surface area (TPSA) is 103 Å². The van der Waals surface area contributed by atoms with Gasteiger partial charge in [-0.15, -0.1) is 11.3 Å². The number of likely N-dealkylation sites (N-methyl/N-ethyl adjacent to an activating group) is 1. The second-order valence-corrected chi connectivity index (χ2v) is 9.51. The quantitative estimate of drug-likeness (QED) is 0.405. The van der Waals surface area contributed by atoms with Crippen molar-refractivity contribution < 1.29 is 14.4 Å². The van der Waals surface area contributed by atoms with Crippen LogP contribution in [0.1, 0.15) is 27.0 Å². The first kappa shape index (κ1) is 23.5. The number of hydrogen-bond donors (Lipinski definition) is 4. The maximum atomic E-state index is 13.0. The van der Waals surface area contributed by atoms with Crippen LogP contribution in [0.4, 0.5) is 17.1 Å². The summed E-state index contributed by atoms with van der Waals surface area (Å²) in [6, 6.07) is 12.4. The first-order valence-corrected chi connectivity index (χ1v) is 11.8. The molecule has 2 heterocycles. The molecule has 2 aromatic carbocycles. The fourth-order valence-electron chi connectivity index (χ4n) is 3.60. The zero-order valence-electron chi connectivity index (χ0n) is 19.3. The Morgan fingerprint density at radius 1 is 1.15 bits per heavy atom. The van der Waals surface area contributed by atoms with E-state index >= 15 is 0 Å². The third-order valence-corrected chi connectivity index (χ3v) is 6.42. The van der Waals surface area contributed by atoms with Crippen LogP contribution in [0.25, 0.3) is 10.1 Å².